The van der Waals surface area contributed by atoms with Crippen LogP contribution in [0, 0.1) is 11.3 Å². The molecule has 1 heteroatoms. The Hall–Kier alpha value is -0.0400. The zero-order valence-corrected chi connectivity index (χ0v) is 11.8. The van der Waals surface area contributed by atoms with Gasteiger partial charge in [0.15, 0.2) is 0 Å². The summed E-state index contributed by atoms with van der Waals surface area (Å²) in [4.78, 5) is 0. The van der Waals surface area contributed by atoms with Gasteiger partial charge in [-0.05, 0) is 43.4 Å². The van der Waals surface area contributed by atoms with Crippen LogP contribution in [0.3, 0.4) is 0 Å². The molecular formula is C15H31N. The first-order valence-electron chi connectivity index (χ1n) is 7.39. The summed E-state index contributed by atoms with van der Waals surface area (Å²) in [5, 5.41) is 3.82. The van der Waals surface area contributed by atoms with Crippen molar-refractivity contribution in [3.8, 4) is 0 Å². The van der Waals surface area contributed by atoms with Crippen LogP contribution < -0.4 is 5.32 Å². The zero-order valence-electron chi connectivity index (χ0n) is 11.8. The highest BCUT2D eigenvalue weighted by atomic mass is 14.9. The highest BCUT2D eigenvalue weighted by Crippen LogP contribution is 2.49. The van der Waals surface area contributed by atoms with Crippen LogP contribution in [0.25, 0.3) is 0 Å². The lowest BCUT2D eigenvalue weighted by Crippen LogP contribution is -2.35. The largest absolute Gasteiger partial charge is 0.313 e. The van der Waals surface area contributed by atoms with Crippen LogP contribution in [0.2, 0.25) is 0 Å². The molecule has 0 amide bonds. The van der Waals surface area contributed by atoms with Crippen LogP contribution in [0.15, 0.2) is 0 Å². The first-order chi connectivity index (χ1) is 7.65. The van der Waals surface area contributed by atoms with Crippen molar-refractivity contribution in [3.05, 3.63) is 0 Å². The van der Waals surface area contributed by atoms with Gasteiger partial charge in [0.1, 0.15) is 0 Å². The third-order valence-electron chi connectivity index (χ3n) is 4.38. The number of hydrogen-bond acceptors (Lipinski definition) is 1. The number of hydrogen-bond donors (Lipinski definition) is 1. The molecular weight excluding hydrogens is 194 g/mol. The maximum absolute atomic E-state index is 3.82. The maximum atomic E-state index is 3.82. The minimum atomic E-state index is 0.706. The van der Waals surface area contributed by atoms with Crippen molar-refractivity contribution in [3.63, 3.8) is 0 Å². The Labute approximate surface area is 102 Å². The molecule has 1 aliphatic rings. The lowest BCUT2D eigenvalue weighted by Gasteiger charge is -2.23. The highest BCUT2D eigenvalue weighted by Gasteiger charge is 2.41. The first-order valence-corrected chi connectivity index (χ1v) is 7.39. The Balaban J connectivity index is 2.23. The van der Waals surface area contributed by atoms with E-state index >= 15 is 0 Å². The van der Waals surface area contributed by atoms with E-state index in [1.165, 1.54) is 51.5 Å². The molecule has 0 saturated heterocycles. The molecule has 0 bridgehead atoms. The van der Waals surface area contributed by atoms with Crippen LogP contribution in [0.4, 0.5) is 0 Å². The molecule has 1 rings (SSSR count). The van der Waals surface area contributed by atoms with Crippen molar-refractivity contribution in [2.45, 2.75) is 78.7 Å². The van der Waals surface area contributed by atoms with Crippen molar-refractivity contribution in [2.24, 2.45) is 11.3 Å². The van der Waals surface area contributed by atoms with E-state index in [9.17, 15) is 0 Å². The lowest BCUT2D eigenvalue weighted by atomic mass is 9.96. The van der Waals surface area contributed by atoms with E-state index in [-0.39, 0.29) is 0 Å². The second-order valence-electron chi connectivity index (χ2n) is 5.99. The summed E-state index contributed by atoms with van der Waals surface area (Å²) in [5.41, 5.74) is 0.706. The first kappa shape index (κ1) is 14.0. The average Bonchev–Trinajstić information content (AvgIpc) is 3.04. The van der Waals surface area contributed by atoms with Gasteiger partial charge in [-0.2, -0.15) is 0 Å². The predicted molar refractivity (Wildman–Crippen MR) is 72.7 cm³/mol. The number of rotatable bonds is 9. The molecule has 16 heavy (non-hydrogen) atoms. The molecule has 0 aromatic heterocycles. The van der Waals surface area contributed by atoms with Crippen LogP contribution >= 0.6 is 0 Å². The molecule has 1 aliphatic carbocycles. The summed E-state index contributed by atoms with van der Waals surface area (Å²) < 4.78 is 0. The zero-order chi connectivity index (χ0) is 12.0. The van der Waals surface area contributed by atoms with Crippen molar-refractivity contribution in [1.29, 1.82) is 0 Å². The van der Waals surface area contributed by atoms with E-state index in [1.807, 2.05) is 0 Å². The fourth-order valence-electron chi connectivity index (χ4n) is 2.63. The third kappa shape index (κ3) is 4.45. The molecule has 0 aromatic rings. The Morgan fingerprint density at radius 2 is 1.81 bits per heavy atom. The van der Waals surface area contributed by atoms with Crippen molar-refractivity contribution < 1.29 is 0 Å². The number of nitrogens with one attached hydrogen (secondary N) is 1. The van der Waals surface area contributed by atoms with Gasteiger partial charge in [0.25, 0.3) is 0 Å². The van der Waals surface area contributed by atoms with Crippen LogP contribution in [0.1, 0.15) is 72.6 Å². The Kier molecular flexibility index (Phi) is 5.82. The average molecular weight is 225 g/mol. The Morgan fingerprint density at radius 3 is 2.25 bits per heavy atom. The fraction of sp³-hybridized carbons (Fsp3) is 1.00. The highest BCUT2D eigenvalue weighted by molar-refractivity contribution is 4.95. The molecule has 2 unspecified atom stereocenters. The summed E-state index contributed by atoms with van der Waals surface area (Å²) in [6.45, 7) is 10.6. The molecule has 2 atom stereocenters. The summed E-state index contributed by atoms with van der Waals surface area (Å²) >= 11 is 0. The summed E-state index contributed by atoms with van der Waals surface area (Å²) in [5.74, 6) is 0.874. The molecule has 1 N–H and O–H groups in total. The lowest BCUT2D eigenvalue weighted by molar-refractivity contribution is 0.337. The molecule has 1 fully saturated rings. The van der Waals surface area contributed by atoms with Crippen molar-refractivity contribution >= 4 is 0 Å². The van der Waals surface area contributed by atoms with Gasteiger partial charge in [-0.25, -0.2) is 0 Å². The monoisotopic (exact) mass is 225 g/mol. The summed E-state index contributed by atoms with van der Waals surface area (Å²) in [7, 11) is 0. The second-order valence-corrected chi connectivity index (χ2v) is 5.99. The Bertz CT molecular complexity index is 184. The van der Waals surface area contributed by atoms with Gasteiger partial charge in [0.2, 0.25) is 0 Å². The van der Waals surface area contributed by atoms with Gasteiger partial charge in [0.05, 0.1) is 0 Å². The standard InChI is InChI=1S/C15H31N/c1-5-8-15(9-10-15)12-16-14(7-3)11-13(4)6-2/h13-14,16H,5-12H2,1-4H3. The van der Waals surface area contributed by atoms with Crippen molar-refractivity contribution in [1.82, 2.24) is 5.32 Å². The van der Waals surface area contributed by atoms with E-state index < -0.39 is 0 Å². The van der Waals surface area contributed by atoms with E-state index in [0.717, 1.165) is 12.0 Å². The minimum absolute atomic E-state index is 0.706. The third-order valence-corrected chi connectivity index (χ3v) is 4.38. The van der Waals surface area contributed by atoms with Crippen LogP contribution in [-0.4, -0.2) is 12.6 Å². The van der Waals surface area contributed by atoms with Gasteiger partial charge in [0, 0.05) is 12.6 Å². The normalized spacial score (nSPS) is 21.8. The molecule has 0 radical (unpaired) electrons. The summed E-state index contributed by atoms with van der Waals surface area (Å²) in [6.07, 6.45) is 9.67. The van der Waals surface area contributed by atoms with Gasteiger partial charge in [-0.3, -0.25) is 0 Å². The molecule has 0 spiro atoms. The molecule has 96 valence electrons. The second kappa shape index (κ2) is 6.64. The molecule has 1 saturated carbocycles. The molecule has 0 aromatic carbocycles. The van der Waals surface area contributed by atoms with Crippen molar-refractivity contribution in [2.75, 3.05) is 6.54 Å². The van der Waals surface area contributed by atoms with E-state index in [4.69, 9.17) is 0 Å². The predicted octanol–water partition coefficient (Wildman–Crippen LogP) is 4.37. The minimum Gasteiger partial charge on any atom is -0.313 e. The maximum Gasteiger partial charge on any atom is 0.00672 e. The fourth-order valence-corrected chi connectivity index (χ4v) is 2.63. The van der Waals surface area contributed by atoms with Gasteiger partial charge in [-0.1, -0.05) is 40.5 Å². The van der Waals surface area contributed by atoms with Gasteiger partial charge < -0.3 is 5.32 Å². The van der Waals surface area contributed by atoms with Gasteiger partial charge >= 0.3 is 0 Å². The van der Waals surface area contributed by atoms with Crippen LogP contribution in [0.5, 0.6) is 0 Å². The van der Waals surface area contributed by atoms with E-state index in [2.05, 4.69) is 33.0 Å². The smallest absolute Gasteiger partial charge is 0.00672 e. The quantitative estimate of drug-likeness (QED) is 0.614. The van der Waals surface area contributed by atoms with Gasteiger partial charge in [-0.15, -0.1) is 0 Å². The molecule has 0 aliphatic heterocycles. The van der Waals surface area contributed by atoms with E-state index in [1.54, 1.807) is 0 Å². The topological polar surface area (TPSA) is 12.0 Å². The SMILES string of the molecule is CCCC1(CNC(CC)CC(C)CC)CC1. The summed E-state index contributed by atoms with van der Waals surface area (Å²) in [6, 6.07) is 0.754. The molecule has 0 heterocycles. The van der Waals surface area contributed by atoms with Crippen LogP contribution in [-0.2, 0) is 0 Å². The molecule has 1 nitrogen and oxygen atoms in total. The van der Waals surface area contributed by atoms with E-state index in [0.29, 0.717) is 5.41 Å². The Morgan fingerprint density at radius 1 is 1.12 bits per heavy atom.